The fourth-order valence-electron chi connectivity index (χ4n) is 6.19. The fraction of sp³-hybridized carbons (Fsp3) is 0.286. The summed E-state index contributed by atoms with van der Waals surface area (Å²) < 4.78 is 24.4. The molecular formula is C35H36FN7O6S. The highest BCUT2D eigenvalue weighted by molar-refractivity contribution is 7.22. The first-order valence-corrected chi connectivity index (χ1v) is 16.7. The molecule has 3 heterocycles. The Morgan fingerprint density at radius 2 is 1.86 bits per heavy atom. The van der Waals surface area contributed by atoms with Crippen LogP contribution in [0.3, 0.4) is 0 Å². The van der Waals surface area contributed by atoms with Gasteiger partial charge in [-0.25, -0.2) is 19.0 Å². The van der Waals surface area contributed by atoms with Gasteiger partial charge in [0.05, 0.1) is 37.0 Å². The minimum Gasteiger partial charge on any atom is -0.482 e. The molecule has 3 N–H and O–H groups in total. The van der Waals surface area contributed by atoms with Gasteiger partial charge in [0, 0.05) is 19.5 Å². The lowest BCUT2D eigenvalue weighted by Crippen LogP contribution is -2.66. The second-order valence-electron chi connectivity index (χ2n) is 11.8. The van der Waals surface area contributed by atoms with Crippen LogP contribution < -0.4 is 15.8 Å². The van der Waals surface area contributed by atoms with Gasteiger partial charge in [0.2, 0.25) is 11.8 Å². The summed E-state index contributed by atoms with van der Waals surface area (Å²) >= 11 is 1.36. The number of nitrogens with zero attached hydrogens (tertiary/aromatic N) is 5. The zero-order chi connectivity index (χ0) is 35.4. The second-order valence-corrected chi connectivity index (χ2v) is 12.9. The Morgan fingerprint density at radius 1 is 1.12 bits per heavy atom. The van der Waals surface area contributed by atoms with Gasteiger partial charge in [0.25, 0.3) is 0 Å². The van der Waals surface area contributed by atoms with E-state index < -0.39 is 24.2 Å². The van der Waals surface area contributed by atoms with Gasteiger partial charge in [-0.15, -0.1) is 6.58 Å². The van der Waals surface area contributed by atoms with Gasteiger partial charge in [-0.05, 0) is 47.0 Å². The van der Waals surface area contributed by atoms with Gasteiger partial charge in [0.1, 0.15) is 23.8 Å². The number of esters is 1. The van der Waals surface area contributed by atoms with Crippen molar-refractivity contribution in [3.05, 3.63) is 102 Å². The highest BCUT2D eigenvalue weighted by Crippen LogP contribution is 2.32. The molecule has 2 atom stereocenters. The van der Waals surface area contributed by atoms with E-state index in [0.717, 1.165) is 15.8 Å². The number of aromatic nitrogens is 1. The summed E-state index contributed by atoms with van der Waals surface area (Å²) in [6.45, 7) is 3.99. The first kappa shape index (κ1) is 34.3. The molecular weight excluding hydrogens is 665 g/mol. The van der Waals surface area contributed by atoms with E-state index in [-0.39, 0.29) is 63.4 Å². The molecule has 0 saturated carbocycles. The number of halogens is 1. The maximum atomic E-state index is 14.3. The second kappa shape index (κ2) is 14.9. The molecule has 4 aromatic rings. The molecule has 0 spiro atoms. The number of nitrogens with two attached hydrogens (primary N) is 1. The maximum Gasteiger partial charge on any atom is 0.343 e. The first-order chi connectivity index (χ1) is 24.1. The van der Waals surface area contributed by atoms with E-state index in [1.807, 2.05) is 18.2 Å². The number of amides is 4. The van der Waals surface area contributed by atoms with E-state index in [1.54, 1.807) is 57.3 Å². The Kier molecular flexibility index (Phi) is 10.2. The van der Waals surface area contributed by atoms with Crippen molar-refractivity contribution in [2.75, 3.05) is 39.1 Å². The topological polar surface area (TPSA) is 151 Å². The van der Waals surface area contributed by atoms with Crippen molar-refractivity contribution in [1.82, 2.24) is 30.1 Å². The number of ether oxygens (including phenoxy) is 2. The lowest BCUT2D eigenvalue weighted by atomic mass is 9.99. The minimum atomic E-state index is -0.888. The molecule has 0 unspecified atom stereocenters. The van der Waals surface area contributed by atoms with E-state index in [4.69, 9.17) is 10.5 Å². The van der Waals surface area contributed by atoms with Crippen LogP contribution in [0.15, 0.2) is 79.4 Å². The Bertz CT molecular complexity index is 1900. The number of carbonyl (C=O) groups is 4. The van der Waals surface area contributed by atoms with E-state index >= 15 is 0 Å². The molecule has 0 aliphatic carbocycles. The van der Waals surface area contributed by atoms with E-state index in [0.29, 0.717) is 22.0 Å². The van der Waals surface area contributed by atoms with E-state index in [2.05, 4.69) is 21.6 Å². The molecule has 2 aliphatic heterocycles. The van der Waals surface area contributed by atoms with Crippen molar-refractivity contribution in [3.8, 4) is 5.75 Å². The summed E-state index contributed by atoms with van der Waals surface area (Å²) in [5, 5.41) is 6.36. The van der Waals surface area contributed by atoms with Crippen molar-refractivity contribution in [3.63, 3.8) is 0 Å². The van der Waals surface area contributed by atoms with Gasteiger partial charge in [0.15, 0.2) is 11.7 Å². The number of rotatable bonds is 12. The number of hydrazine groups is 1. The summed E-state index contributed by atoms with van der Waals surface area (Å²) in [6, 6.07) is 17.1. The normalized spacial score (nSPS) is 17.5. The number of methoxy groups -OCH3 is 1. The van der Waals surface area contributed by atoms with Crippen LogP contribution in [-0.4, -0.2) is 94.2 Å². The van der Waals surface area contributed by atoms with Crippen molar-refractivity contribution in [2.24, 2.45) is 0 Å². The van der Waals surface area contributed by atoms with Crippen molar-refractivity contribution in [1.29, 1.82) is 0 Å². The number of nitrogens with one attached hydrogen (secondary N) is 1. The number of piperazine rings is 1. The molecule has 2 aliphatic rings. The molecule has 0 radical (unpaired) electrons. The van der Waals surface area contributed by atoms with Gasteiger partial charge in [-0.1, -0.05) is 53.8 Å². The lowest BCUT2D eigenvalue weighted by molar-refractivity contribution is -0.157. The zero-order valence-corrected chi connectivity index (χ0v) is 28.1. The molecule has 260 valence electrons. The Hall–Kier alpha value is -5.54. The van der Waals surface area contributed by atoms with Crippen LogP contribution in [0, 0.1) is 5.82 Å². The van der Waals surface area contributed by atoms with Crippen LogP contribution >= 0.6 is 11.3 Å². The predicted octanol–water partition coefficient (Wildman–Crippen LogP) is 3.31. The Labute approximate surface area is 291 Å². The fourth-order valence-corrected chi connectivity index (χ4v) is 6.97. The standard InChI is InChI=1S/C35H36FN7O6S/c1-3-15-41(35(47)38-17-23-7-11-25(36)12-8-23)42-20-30(44)43-27(16-22-9-13-26(14-10-22)49-21-31(45)48-2)33(46)40(19-29(42)43)18-24-5-4-6-28-32(24)39-34(37)50-28/h3-14,27,29H,1,15-21H2,2H3,(H2,37,39)(H,38,47)/t27-,29+/m0/s1. The number of fused-ring (bicyclic) bond motifs is 2. The van der Waals surface area contributed by atoms with Crippen LogP contribution in [0.5, 0.6) is 5.75 Å². The number of carbonyl (C=O) groups excluding carboxylic acids is 4. The van der Waals surface area contributed by atoms with E-state index in [9.17, 15) is 23.6 Å². The molecule has 50 heavy (non-hydrogen) atoms. The number of benzene rings is 3. The number of anilines is 1. The molecule has 4 amide bonds. The van der Waals surface area contributed by atoms with Crippen molar-refractivity contribution < 1.29 is 33.0 Å². The van der Waals surface area contributed by atoms with Crippen LogP contribution in [0.25, 0.3) is 10.2 Å². The van der Waals surface area contributed by atoms with Crippen LogP contribution in [0.1, 0.15) is 16.7 Å². The number of urea groups is 1. The molecule has 13 nitrogen and oxygen atoms in total. The predicted molar refractivity (Wildman–Crippen MR) is 184 cm³/mol. The monoisotopic (exact) mass is 701 g/mol. The molecule has 1 aromatic heterocycles. The minimum absolute atomic E-state index is 0.0932. The molecule has 15 heteroatoms. The average Bonchev–Trinajstić information content (AvgIpc) is 3.66. The highest BCUT2D eigenvalue weighted by atomic mass is 32.1. The Balaban J connectivity index is 1.28. The number of nitrogen functional groups attached to an aromatic ring is 1. The van der Waals surface area contributed by atoms with Crippen molar-refractivity contribution in [2.45, 2.75) is 31.7 Å². The smallest absolute Gasteiger partial charge is 0.343 e. The van der Waals surface area contributed by atoms with Gasteiger partial charge in [-0.3, -0.25) is 14.6 Å². The molecule has 6 rings (SSSR count). The van der Waals surface area contributed by atoms with Gasteiger partial charge in [-0.2, -0.15) is 5.01 Å². The summed E-state index contributed by atoms with van der Waals surface area (Å²) in [4.78, 5) is 61.0. The molecule has 0 bridgehead atoms. The zero-order valence-electron chi connectivity index (χ0n) is 27.3. The highest BCUT2D eigenvalue weighted by Gasteiger charge is 2.52. The van der Waals surface area contributed by atoms with Gasteiger partial charge >= 0.3 is 12.0 Å². The summed E-state index contributed by atoms with van der Waals surface area (Å²) in [7, 11) is 1.27. The summed E-state index contributed by atoms with van der Waals surface area (Å²) in [5.41, 5.74) is 8.99. The lowest BCUT2D eigenvalue weighted by Gasteiger charge is -2.46. The molecule has 2 fully saturated rings. The number of hydrogen-bond donors (Lipinski definition) is 2. The average molecular weight is 702 g/mol. The largest absolute Gasteiger partial charge is 0.482 e. The summed E-state index contributed by atoms with van der Waals surface area (Å²) in [5.74, 6) is -1.01. The van der Waals surface area contributed by atoms with Crippen LogP contribution in [0.2, 0.25) is 0 Å². The van der Waals surface area contributed by atoms with E-state index in [1.165, 1.54) is 35.6 Å². The number of thiazole rings is 1. The third-order valence-corrected chi connectivity index (χ3v) is 9.44. The Morgan fingerprint density at radius 3 is 2.58 bits per heavy atom. The number of para-hydroxylation sites is 1. The SMILES string of the molecule is C=CCN(C(=O)NCc1ccc(F)cc1)N1CC(=O)N2[C@@H](Cc3ccc(OCC(=O)OC)cc3)C(=O)N(Cc3cccc4sc(N)nc34)C[C@@H]21. The molecule has 3 aromatic carbocycles. The number of hydrogen-bond acceptors (Lipinski definition) is 10. The van der Waals surface area contributed by atoms with Crippen LogP contribution in [0.4, 0.5) is 14.3 Å². The first-order valence-electron chi connectivity index (χ1n) is 15.8. The summed E-state index contributed by atoms with van der Waals surface area (Å²) in [6.07, 6.45) is 1.07. The quantitative estimate of drug-likeness (QED) is 0.168. The van der Waals surface area contributed by atoms with Gasteiger partial charge < -0.3 is 30.3 Å². The molecule has 2 saturated heterocycles. The van der Waals surface area contributed by atoms with Crippen LogP contribution in [-0.2, 0) is 38.6 Å². The third kappa shape index (κ3) is 7.38. The third-order valence-electron chi connectivity index (χ3n) is 8.59. The maximum absolute atomic E-state index is 14.3. The van der Waals surface area contributed by atoms with Crippen molar-refractivity contribution >= 4 is 50.5 Å².